The molecule has 7 heteroatoms. The Morgan fingerprint density at radius 3 is 2.58 bits per heavy atom. The Morgan fingerprint density at radius 2 is 1.91 bits per heavy atom. The molecule has 1 amide bonds. The molecular weight excluding hydrogens is 420 g/mol. The number of anilines is 1. The van der Waals surface area contributed by atoms with Gasteiger partial charge in [0, 0.05) is 19.2 Å². The molecule has 2 aromatic rings. The van der Waals surface area contributed by atoms with E-state index in [1.54, 1.807) is 23.1 Å². The summed E-state index contributed by atoms with van der Waals surface area (Å²) < 4.78 is 11.4. The van der Waals surface area contributed by atoms with Gasteiger partial charge in [-0.05, 0) is 56.2 Å². The number of fused-ring (bicyclic) bond motifs is 1. The molecule has 1 atom stereocenters. The summed E-state index contributed by atoms with van der Waals surface area (Å²) in [7, 11) is 1.95. The number of likely N-dealkylation sites (N-methyl/N-ethyl adjacent to an activating group) is 1. The molecule has 0 bridgehead atoms. The zero-order valence-electron chi connectivity index (χ0n) is 19.5. The van der Waals surface area contributed by atoms with Crippen molar-refractivity contribution in [3.05, 3.63) is 59.2 Å². The summed E-state index contributed by atoms with van der Waals surface area (Å²) in [6.07, 6.45) is 0.728. The van der Waals surface area contributed by atoms with E-state index in [2.05, 4.69) is 0 Å². The van der Waals surface area contributed by atoms with Crippen molar-refractivity contribution in [2.24, 2.45) is 0 Å². The molecule has 1 N–H and O–H groups in total. The van der Waals surface area contributed by atoms with Gasteiger partial charge in [0.15, 0.2) is 0 Å². The third kappa shape index (κ3) is 4.27. The second-order valence-corrected chi connectivity index (χ2v) is 8.68. The lowest BCUT2D eigenvalue weighted by Crippen LogP contribution is -2.30. The molecule has 1 saturated heterocycles. The lowest BCUT2D eigenvalue weighted by molar-refractivity contribution is -0.139. The van der Waals surface area contributed by atoms with Crippen molar-refractivity contribution in [1.82, 2.24) is 4.90 Å². The number of Topliss-reactive ketones (excluding diaryl/α,β-unsaturated/α-hetero) is 1. The van der Waals surface area contributed by atoms with Gasteiger partial charge in [0.05, 0.1) is 30.0 Å². The molecule has 0 radical (unpaired) electrons. The number of benzene rings is 2. The highest BCUT2D eigenvalue weighted by atomic mass is 16.5. The highest BCUT2D eigenvalue weighted by Crippen LogP contribution is 2.41. The van der Waals surface area contributed by atoms with Crippen LogP contribution in [0.4, 0.5) is 5.69 Å². The second kappa shape index (κ2) is 9.17. The summed E-state index contributed by atoms with van der Waals surface area (Å²) in [5.74, 6) is -0.00993. The normalized spacial score (nSPS) is 19.6. The molecule has 33 heavy (non-hydrogen) atoms. The first kappa shape index (κ1) is 22.7. The molecule has 0 aliphatic carbocycles. The molecule has 1 fully saturated rings. The minimum Gasteiger partial charge on any atom is -0.507 e. The van der Waals surface area contributed by atoms with Gasteiger partial charge in [-0.1, -0.05) is 19.1 Å². The number of nitrogens with zero attached hydrogens (tertiary/aromatic N) is 2. The van der Waals surface area contributed by atoms with Crippen LogP contribution in [0.5, 0.6) is 11.5 Å². The fourth-order valence-corrected chi connectivity index (χ4v) is 4.35. The van der Waals surface area contributed by atoms with Crippen LogP contribution in [0.15, 0.2) is 48.0 Å². The highest BCUT2D eigenvalue weighted by Gasteiger charge is 2.45. The average Bonchev–Trinajstić information content (AvgIpc) is 3.04. The summed E-state index contributed by atoms with van der Waals surface area (Å²) in [6.45, 7) is 7.58. The molecule has 4 rings (SSSR count). The number of ether oxygens (including phenoxy) is 2. The Bertz CT molecular complexity index is 1090. The standard InChI is InChI=1S/C26H30N2O5/c1-5-12-28-23(17-6-9-19(10-7-17)33-16(2)3)22(25(30)26(28)31)24(29)18-8-11-21-20(15-18)27(4)13-14-32-21/h6-11,15-16,23,29H,5,12-14H2,1-4H3/b24-22-. The Labute approximate surface area is 194 Å². The van der Waals surface area contributed by atoms with E-state index in [1.165, 1.54) is 0 Å². The van der Waals surface area contributed by atoms with Crippen LogP contribution >= 0.6 is 0 Å². The van der Waals surface area contributed by atoms with Crippen LogP contribution in [0.1, 0.15) is 44.4 Å². The van der Waals surface area contributed by atoms with Crippen LogP contribution < -0.4 is 14.4 Å². The minimum atomic E-state index is -0.671. The van der Waals surface area contributed by atoms with Crippen molar-refractivity contribution in [3.8, 4) is 11.5 Å². The maximum Gasteiger partial charge on any atom is 0.295 e. The third-order valence-corrected chi connectivity index (χ3v) is 5.90. The van der Waals surface area contributed by atoms with Crippen molar-refractivity contribution in [3.63, 3.8) is 0 Å². The topological polar surface area (TPSA) is 79.3 Å². The van der Waals surface area contributed by atoms with Crippen LogP contribution in [-0.2, 0) is 9.59 Å². The summed E-state index contributed by atoms with van der Waals surface area (Å²) >= 11 is 0. The van der Waals surface area contributed by atoms with Crippen LogP contribution in [-0.4, -0.2) is 54.5 Å². The van der Waals surface area contributed by atoms with E-state index in [1.807, 2.05) is 57.0 Å². The average molecular weight is 451 g/mol. The zero-order valence-corrected chi connectivity index (χ0v) is 19.5. The van der Waals surface area contributed by atoms with Crippen LogP contribution in [0, 0.1) is 0 Å². The van der Waals surface area contributed by atoms with Gasteiger partial charge in [0.2, 0.25) is 0 Å². The van der Waals surface area contributed by atoms with Crippen molar-refractivity contribution in [1.29, 1.82) is 0 Å². The van der Waals surface area contributed by atoms with Crippen LogP contribution in [0.2, 0.25) is 0 Å². The quantitative estimate of drug-likeness (QED) is 0.405. The van der Waals surface area contributed by atoms with Crippen LogP contribution in [0.3, 0.4) is 0 Å². The van der Waals surface area contributed by atoms with Crippen LogP contribution in [0.25, 0.3) is 5.76 Å². The van der Waals surface area contributed by atoms with Gasteiger partial charge < -0.3 is 24.4 Å². The summed E-state index contributed by atoms with van der Waals surface area (Å²) in [4.78, 5) is 29.6. The molecule has 2 aliphatic rings. The van der Waals surface area contributed by atoms with E-state index in [0.717, 1.165) is 23.5 Å². The van der Waals surface area contributed by atoms with Gasteiger partial charge in [-0.25, -0.2) is 0 Å². The van der Waals surface area contributed by atoms with Gasteiger partial charge in [0.1, 0.15) is 23.9 Å². The Hall–Kier alpha value is -3.48. The molecule has 0 saturated carbocycles. The van der Waals surface area contributed by atoms with E-state index < -0.39 is 17.7 Å². The number of hydrogen-bond donors (Lipinski definition) is 1. The SMILES string of the molecule is CCCN1C(=O)C(=O)/C(=C(\O)c2ccc3c(c2)N(C)CCO3)C1c1ccc(OC(C)C)cc1. The maximum absolute atomic E-state index is 13.1. The van der Waals surface area contributed by atoms with Crippen molar-refractivity contribution >= 4 is 23.1 Å². The molecule has 1 unspecified atom stereocenters. The number of ketones is 1. The second-order valence-electron chi connectivity index (χ2n) is 8.68. The van der Waals surface area contributed by atoms with Gasteiger partial charge in [0.25, 0.3) is 11.7 Å². The minimum absolute atomic E-state index is 0.0349. The van der Waals surface area contributed by atoms with Gasteiger partial charge in [-0.2, -0.15) is 0 Å². The van der Waals surface area contributed by atoms with Gasteiger partial charge >= 0.3 is 0 Å². The summed E-state index contributed by atoms with van der Waals surface area (Å²) in [5, 5.41) is 11.3. The number of carbonyl (C=O) groups excluding carboxylic acids is 2. The van der Waals surface area contributed by atoms with E-state index in [-0.39, 0.29) is 17.4 Å². The van der Waals surface area contributed by atoms with Gasteiger partial charge in [-0.15, -0.1) is 0 Å². The summed E-state index contributed by atoms with van der Waals surface area (Å²) in [6, 6.07) is 12.0. The van der Waals surface area contributed by atoms with E-state index in [9.17, 15) is 14.7 Å². The Balaban J connectivity index is 1.80. The molecule has 2 aromatic carbocycles. The predicted molar refractivity (Wildman–Crippen MR) is 127 cm³/mol. The number of likely N-dealkylation sites (tertiary alicyclic amines) is 1. The van der Waals surface area contributed by atoms with Crippen molar-refractivity contribution in [2.75, 3.05) is 31.6 Å². The smallest absolute Gasteiger partial charge is 0.295 e. The molecule has 0 spiro atoms. The molecule has 174 valence electrons. The zero-order chi connectivity index (χ0) is 23.7. The third-order valence-electron chi connectivity index (χ3n) is 5.90. The molecule has 7 nitrogen and oxygen atoms in total. The maximum atomic E-state index is 13.1. The predicted octanol–water partition coefficient (Wildman–Crippen LogP) is 4.13. The molecule has 2 heterocycles. The monoisotopic (exact) mass is 450 g/mol. The number of aliphatic hydroxyl groups excluding tert-OH is 1. The first-order valence-electron chi connectivity index (χ1n) is 11.3. The summed E-state index contributed by atoms with van der Waals surface area (Å²) in [5.41, 5.74) is 2.16. The highest BCUT2D eigenvalue weighted by molar-refractivity contribution is 6.46. The Morgan fingerprint density at radius 1 is 1.18 bits per heavy atom. The van der Waals surface area contributed by atoms with Crippen molar-refractivity contribution in [2.45, 2.75) is 39.3 Å². The molecular formula is C26H30N2O5. The number of hydrogen-bond acceptors (Lipinski definition) is 6. The Kier molecular flexibility index (Phi) is 6.31. The number of carbonyl (C=O) groups is 2. The lowest BCUT2D eigenvalue weighted by Gasteiger charge is -2.28. The largest absolute Gasteiger partial charge is 0.507 e. The van der Waals surface area contributed by atoms with Crippen molar-refractivity contribution < 1.29 is 24.2 Å². The number of aliphatic hydroxyl groups is 1. The lowest BCUT2D eigenvalue weighted by atomic mass is 9.95. The molecule has 0 aromatic heterocycles. The van der Waals surface area contributed by atoms with E-state index in [4.69, 9.17) is 9.47 Å². The number of amides is 1. The van der Waals surface area contributed by atoms with E-state index in [0.29, 0.717) is 30.9 Å². The fourth-order valence-electron chi connectivity index (χ4n) is 4.35. The first-order valence-corrected chi connectivity index (χ1v) is 11.3. The first-order chi connectivity index (χ1) is 15.8. The number of rotatable bonds is 6. The molecule has 2 aliphatic heterocycles. The van der Waals surface area contributed by atoms with E-state index >= 15 is 0 Å². The van der Waals surface area contributed by atoms with Gasteiger partial charge in [-0.3, -0.25) is 9.59 Å². The fraction of sp³-hybridized carbons (Fsp3) is 0.385.